The van der Waals surface area contributed by atoms with Gasteiger partial charge in [0, 0.05) is 5.57 Å². The fourth-order valence-corrected chi connectivity index (χ4v) is 1.76. The molecule has 0 aliphatic heterocycles. The summed E-state index contributed by atoms with van der Waals surface area (Å²) < 4.78 is 9.24. The Balaban J connectivity index is 3.36. The van der Waals surface area contributed by atoms with Crippen molar-refractivity contribution in [2.24, 2.45) is 0 Å². The quantitative estimate of drug-likeness (QED) is 0.455. The van der Waals surface area contributed by atoms with E-state index in [9.17, 15) is 14.7 Å². The molecule has 0 fully saturated rings. The van der Waals surface area contributed by atoms with Crippen molar-refractivity contribution in [3.8, 4) is 0 Å². The molecule has 5 nitrogen and oxygen atoms in total. The first-order chi connectivity index (χ1) is 9.02. The van der Waals surface area contributed by atoms with E-state index in [4.69, 9.17) is 0 Å². The fraction of sp³-hybridized carbons (Fsp3) is 0.286. The molecule has 0 aliphatic carbocycles. The zero-order valence-corrected chi connectivity index (χ0v) is 11.0. The molecule has 102 valence electrons. The number of carbonyl (C=O) groups is 2. The maximum absolute atomic E-state index is 11.9. The first kappa shape index (κ1) is 14.8. The largest absolute Gasteiger partial charge is 0.875 e. The van der Waals surface area contributed by atoms with Crippen molar-refractivity contribution in [2.45, 2.75) is 12.8 Å². The van der Waals surface area contributed by atoms with Crippen LogP contribution in [-0.2, 0) is 19.1 Å². The summed E-state index contributed by atoms with van der Waals surface area (Å²) in [6, 6.07) is 8.48. The third kappa shape index (κ3) is 3.34. The monoisotopic (exact) mass is 263 g/mol. The van der Waals surface area contributed by atoms with Gasteiger partial charge >= 0.3 is 11.9 Å². The van der Waals surface area contributed by atoms with Crippen molar-refractivity contribution in [1.82, 2.24) is 0 Å². The Bertz CT molecular complexity index is 486. The number of ether oxygens (including phenoxy) is 2. The van der Waals surface area contributed by atoms with Crippen LogP contribution in [0.5, 0.6) is 0 Å². The summed E-state index contributed by atoms with van der Waals surface area (Å²) in [6.45, 7) is 1.21. The van der Waals surface area contributed by atoms with E-state index in [1.54, 1.807) is 30.3 Å². The summed E-state index contributed by atoms with van der Waals surface area (Å²) in [5.41, 5.74) is 0.269. The molecule has 0 saturated heterocycles. The van der Waals surface area contributed by atoms with Gasteiger partial charge in [-0.1, -0.05) is 37.3 Å². The van der Waals surface area contributed by atoms with Crippen LogP contribution < -0.4 is 5.11 Å². The molecule has 0 N–H and O–H groups in total. The Morgan fingerprint density at radius 1 is 1.11 bits per heavy atom. The van der Waals surface area contributed by atoms with Gasteiger partial charge in [0.05, 0.1) is 14.2 Å². The maximum Gasteiger partial charge on any atom is 0.334 e. The molecule has 1 rings (SSSR count). The number of hydrogen-bond acceptors (Lipinski definition) is 5. The summed E-state index contributed by atoms with van der Waals surface area (Å²) in [4.78, 5) is 23.6. The Kier molecular flexibility index (Phi) is 5.11. The van der Waals surface area contributed by atoms with Gasteiger partial charge in [-0.3, -0.25) is 4.79 Å². The molecule has 0 spiro atoms. The zero-order chi connectivity index (χ0) is 14.4. The molecule has 1 atom stereocenters. The van der Waals surface area contributed by atoms with E-state index >= 15 is 0 Å². The Morgan fingerprint density at radius 3 is 2.11 bits per heavy atom. The number of esters is 2. The van der Waals surface area contributed by atoms with Crippen LogP contribution in [0.25, 0.3) is 0 Å². The number of methoxy groups -OCH3 is 2. The fourth-order valence-electron chi connectivity index (χ4n) is 1.76. The minimum atomic E-state index is -1.07. The van der Waals surface area contributed by atoms with Gasteiger partial charge in [0.25, 0.3) is 0 Å². The average Bonchev–Trinajstić information content (AvgIpc) is 2.43. The summed E-state index contributed by atoms with van der Waals surface area (Å²) in [5.74, 6) is -3.10. The lowest BCUT2D eigenvalue weighted by atomic mass is 9.90. The number of hydrogen-bond donors (Lipinski definition) is 0. The molecule has 5 heteroatoms. The molecule has 0 aliphatic rings. The summed E-state index contributed by atoms with van der Waals surface area (Å²) in [6.07, 6.45) is 0. The first-order valence-corrected chi connectivity index (χ1v) is 5.61. The van der Waals surface area contributed by atoms with Gasteiger partial charge in [0.2, 0.25) is 0 Å². The van der Waals surface area contributed by atoms with Gasteiger partial charge in [0.1, 0.15) is 5.92 Å². The van der Waals surface area contributed by atoms with Crippen LogP contribution in [0.4, 0.5) is 0 Å². The number of benzene rings is 1. The van der Waals surface area contributed by atoms with Gasteiger partial charge in [-0.05, 0) is 5.56 Å². The zero-order valence-electron chi connectivity index (χ0n) is 11.0. The molecule has 0 heterocycles. The van der Waals surface area contributed by atoms with Crippen LogP contribution in [-0.4, -0.2) is 26.2 Å². The molecular weight excluding hydrogens is 248 g/mol. The second kappa shape index (κ2) is 6.58. The molecule has 1 aromatic carbocycles. The van der Waals surface area contributed by atoms with E-state index in [0.717, 1.165) is 7.11 Å². The molecule has 0 amide bonds. The average molecular weight is 263 g/mol. The van der Waals surface area contributed by atoms with Crippen molar-refractivity contribution < 1.29 is 24.2 Å². The van der Waals surface area contributed by atoms with E-state index in [0.29, 0.717) is 5.56 Å². The third-order valence-electron chi connectivity index (χ3n) is 2.64. The van der Waals surface area contributed by atoms with E-state index in [1.807, 2.05) is 0 Å². The van der Waals surface area contributed by atoms with Crippen LogP contribution in [0.15, 0.2) is 41.7 Å². The van der Waals surface area contributed by atoms with Crippen molar-refractivity contribution in [3.05, 3.63) is 47.2 Å². The van der Waals surface area contributed by atoms with Crippen molar-refractivity contribution in [2.75, 3.05) is 14.2 Å². The summed E-state index contributed by atoms with van der Waals surface area (Å²) in [5, 5.41) is 11.6. The molecule has 1 unspecified atom stereocenters. The van der Waals surface area contributed by atoms with Crippen LogP contribution >= 0.6 is 0 Å². The SMILES string of the molecule is COC(=O)/C(=C(\C)[O-])C(C(=O)OC)c1ccccc1. The molecular formula is C14H15O5-. The topological polar surface area (TPSA) is 75.7 Å². The second-order valence-electron chi connectivity index (χ2n) is 3.83. The highest BCUT2D eigenvalue weighted by Crippen LogP contribution is 2.27. The summed E-state index contributed by atoms with van der Waals surface area (Å²) in [7, 11) is 2.36. The van der Waals surface area contributed by atoms with Crippen LogP contribution in [0.3, 0.4) is 0 Å². The highest BCUT2D eigenvalue weighted by Gasteiger charge is 2.30. The van der Waals surface area contributed by atoms with E-state index in [2.05, 4.69) is 9.47 Å². The van der Waals surface area contributed by atoms with E-state index < -0.39 is 23.6 Å². The molecule has 0 saturated carbocycles. The summed E-state index contributed by atoms with van der Waals surface area (Å²) >= 11 is 0. The Hall–Kier alpha value is -2.30. The molecule has 19 heavy (non-hydrogen) atoms. The molecule has 0 radical (unpaired) electrons. The maximum atomic E-state index is 11.9. The van der Waals surface area contributed by atoms with Gasteiger partial charge in [-0.15, -0.1) is 5.76 Å². The lowest BCUT2D eigenvalue weighted by Crippen LogP contribution is -2.25. The minimum absolute atomic E-state index is 0.236. The van der Waals surface area contributed by atoms with Gasteiger partial charge in [-0.25, -0.2) is 4.79 Å². The van der Waals surface area contributed by atoms with Crippen molar-refractivity contribution in [3.63, 3.8) is 0 Å². The second-order valence-corrected chi connectivity index (χ2v) is 3.83. The van der Waals surface area contributed by atoms with Gasteiger partial charge in [-0.2, -0.15) is 0 Å². The van der Waals surface area contributed by atoms with Crippen molar-refractivity contribution in [1.29, 1.82) is 0 Å². The Labute approximate surface area is 111 Å². The van der Waals surface area contributed by atoms with Crippen LogP contribution in [0.2, 0.25) is 0 Å². The smallest absolute Gasteiger partial charge is 0.334 e. The standard InChI is InChI=1S/C14H16O5/c1-9(15)11(13(16)18-2)12(14(17)19-3)10-7-5-4-6-8-10/h4-8,12,15H,1-3H3/p-1/b11-9+. The van der Waals surface area contributed by atoms with Gasteiger partial charge < -0.3 is 14.6 Å². The molecule has 1 aromatic rings. The highest BCUT2D eigenvalue weighted by molar-refractivity contribution is 5.98. The number of carbonyl (C=O) groups excluding carboxylic acids is 2. The molecule has 0 bridgehead atoms. The van der Waals surface area contributed by atoms with E-state index in [1.165, 1.54) is 14.0 Å². The van der Waals surface area contributed by atoms with E-state index in [-0.39, 0.29) is 5.57 Å². The normalized spacial score (nSPS) is 13.2. The lowest BCUT2D eigenvalue weighted by molar-refractivity contribution is -0.303. The highest BCUT2D eigenvalue weighted by atomic mass is 16.5. The number of rotatable bonds is 4. The van der Waals surface area contributed by atoms with Crippen molar-refractivity contribution >= 4 is 11.9 Å². The number of allylic oxidation sites excluding steroid dienone is 1. The lowest BCUT2D eigenvalue weighted by Gasteiger charge is -2.21. The van der Waals surface area contributed by atoms with Crippen LogP contribution in [0.1, 0.15) is 18.4 Å². The van der Waals surface area contributed by atoms with Gasteiger partial charge in [0.15, 0.2) is 0 Å². The third-order valence-corrected chi connectivity index (χ3v) is 2.64. The first-order valence-electron chi connectivity index (χ1n) is 5.61. The predicted octanol–water partition coefficient (Wildman–Crippen LogP) is 0.750. The Morgan fingerprint density at radius 2 is 1.68 bits per heavy atom. The minimum Gasteiger partial charge on any atom is -0.875 e. The molecule has 0 aromatic heterocycles. The predicted molar refractivity (Wildman–Crippen MR) is 65.9 cm³/mol. The van der Waals surface area contributed by atoms with Crippen LogP contribution in [0, 0.1) is 0 Å².